The van der Waals surface area contributed by atoms with Crippen molar-refractivity contribution in [2.75, 3.05) is 13.2 Å². The van der Waals surface area contributed by atoms with Gasteiger partial charge in [-0.3, -0.25) is 19.2 Å². The van der Waals surface area contributed by atoms with Crippen molar-refractivity contribution in [1.82, 2.24) is 0 Å². The number of esters is 4. The van der Waals surface area contributed by atoms with E-state index in [1.165, 1.54) is 27.7 Å². The number of rotatable bonds is 6. The zero-order chi connectivity index (χ0) is 27.2. The van der Waals surface area contributed by atoms with Crippen LogP contribution in [-0.4, -0.2) is 49.3 Å². The standard InChI is InChI=1S/2C15H18O4/c2*1-9(16)18-8-15-6-5-13(19-10(2)17)14(15)11-3-4-12(15)7-11/h2*3-6,11-14H,7-8H2,1-2H3/t2*11?,12?,13-,14?,15+/m10/s1. The van der Waals surface area contributed by atoms with E-state index in [2.05, 4.69) is 36.5 Å². The van der Waals surface area contributed by atoms with Gasteiger partial charge in [0.1, 0.15) is 25.4 Å². The fourth-order valence-corrected chi connectivity index (χ4v) is 8.00. The molecule has 0 radical (unpaired) electrons. The van der Waals surface area contributed by atoms with Crippen LogP contribution < -0.4 is 0 Å². The minimum atomic E-state index is -0.260. The monoisotopic (exact) mass is 524 g/mol. The SMILES string of the molecule is CC(=O)OC[C@@]12C=C[C@H](OC(C)=O)C1C1C=CC2C1.CC(=O)OC[C@]12C=C[C@@H](OC(C)=O)C1C1C=CC2C1. The Balaban J connectivity index is 0.000000155. The molecule has 10 atom stereocenters. The third kappa shape index (κ3) is 4.41. The molecule has 0 amide bonds. The van der Waals surface area contributed by atoms with Gasteiger partial charge in [-0.15, -0.1) is 0 Å². The number of hydrogen-bond acceptors (Lipinski definition) is 8. The van der Waals surface area contributed by atoms with E-state index in [9.17, 15) is 19.2 Å². The number of allylic oxidation sites excluding steroid dienone is 4. The van der Waals surface area contributed by atoms with Crippen LogP contribution in [0, 0.1) is 46.3 Å². The van der Waals surface area contributed by atoms with E-state index in [1.807, 2.05) is 12.2 Å². The Hall–Kier alpha value is -3.16. The van der Waals surface area contributed by atoms with Gasteiger partial charge >= 0.3 is 23.9 Å². The highest BCUT2D eigenvalue weighted by Gasteiger charge is 2.62. The van der Waals surface area contributed by atoms with Gasteiger partial charge in [-0.25, -0.2) is 0 Å². The zero-order valence-electron chi connectivity index (χ0n) is 22.3. The molecule has 38 heavy (non-hydrogen) atoms. The lowest BCUT2D eigenvalue weighted by atomic mass is 9.70. The first kappa shape index (κ1) is 26.4. The average molecular weight is 525 g/mol. The normalized spacial score (nSPS) is 41.4. The number of carbonyl (C=O) groups excluding carboxylic acids is 4. The van der Waals surface area contributed by atoms with E-state index in [1.54, 1.807) is 0 Å². The van der Waals surface area contributed by atoms with Crippen LogP contribution in [-0.2, 0) is 38.1 Å². The molecule has 2 saturated carbocycles. The minimum Gasteiger partial charge on any atom is -0.465 e. The Kier molecular flexibility index (Phi) is 6.86. The van der Waals surface area contributed by atoms with Crippen molar-refractivity contribution in [2.45, 2.75) is 52.7 Å². The first-order chi connectivity index (χ1) is 18.1. The topological polar surface area (TPSA) is 105 Å². The summed E-state index contributed by atoms with van der Waals surface area (Å²) in [6.07, 6.45) is 18.7. The molecule has 2 fully saturated rings. The van der Waals surface area contributed by atoms with E-state index in [0.29, 0.717) is 36.9 Å². The first-order valence-electron chi connectivity index (χ1n) is 13.4. The molecule has 6 aliphatic carbocycles. The van der Waals surface area contributed by atoms with E-state index < -0.39 is 0 Å². The molecule has 6 aliphatic rings. The van der Waals surface area contributed by atoms with Crippen LogP contribution in [0.5, 0.6) is 0 Å². The highest BCUT2D eigenvalue weighted by Crippen LogP contribution is 2.62. The summed E-state index contributed by atoms with van der Waals surface area (Å²) in [5.74, 6) is 0.997. The first-order valence-corrected chi connectivity index (χ1v) is 13.4. The molecular weight excluding hydrogens is 488 g/mol. The zero-order valence-corrected chi connectivity index (χ0v) is 22.3. The number of carbonyl (C=O) groups is 4. The van der Waals surface area contributed by atoms with E-state index >= 15 is 0 Å². The molecule has 0 aromatic heterocycles. The van der Waals surface area contributed by atoms with Crippen molar-refractivity contribution >= 4 is 23.9 Å². The van der Waals surface area contributed by atoms with Gasteiger partial charge in [-0.2, -0.15) is 0 Å². The predicted molar refractivity (Wildman–Crippen MR) is 136 cm³/mol. The van der Waals surface area contributed by atoms with Crippen LogP contribution in [0.15, 0.2) is 48.6 Å². The van der Waals surface area contributed by atoms with Crippen molar-refractivity contribution in [1.29, 1.82) is 0 Å². The van der Waals surface area contributed by atoms with Gasteiger partial charge in [0.25, 0.3) is 0 Å². The Bertz CT molecular complexity index is 1050. The van der Waals surface area contributed by atoms with Gasteiger partial charge in [-0.1, -0.05) is 36.5 Å². The number of hydrogen-bond donors (Lipinski definition) is 0. The summed E-state index contributed by atoms with van der Waals surface area (Å²) in [6, 6.07) is 0. The van der Waals surface area contributed by atoms with Crippen LogP contribution in [0.25, 0.3) is 0 Å². The van der Waals surface area contributed by atoms with Crippen molar-refractivity contribution in [3.8, 4) is 0 Å². The molecule has 8 nitrogen and oxygen atoms in total. The molecule has 0 aromatic rings. The molecule has 6 unspecified atom stereocenters. The summed E-state index contributed by atoms with van der Waals surface area (Å²) >= 11 is 0. The molecule has 204 valence electrons. The summed E-state index contributed by atoms with van der Waals surface area (Å²) < 4.78 is 21.4. The second kappa shape index (κ2) is 9.86. The van der Waals surface area contributed by atoms with E-state index in [-0.39, 0.29) is 58.8 Å². The molecule has 0 spiro atoms. The largest absolute Gasteiger partial charge is 0.465 e. The van der Waals surface area contributed by atoms with Gasteiger partial charge in [0.05, 0.1) is 0 Å². The van der Waals surface area contributed by atoms with Crippen LogP contribution in [0.3, 0.4) is 0 Å². The second-order valence-corrected chi connectivity index (χ2v) is 11.5. The Labute approximate surface area is 223 Å². The molecule has 0 aliphatic heterocycles. The lowest BCUT2D eigenvalue weighted by Gasteiger charge is -2.37. The van der Waals surface area contributed by atoms with Crippen LogP contribution in [0.4, 0.5) is 0 Å². The maximum atomic E-state index is 11.2. The highest BCUT2D eigenvalue weighted by molar-refractivity contribution is 5.67. The summed E-state index contributed by atoms with van der Waals surface area (Å²) in [7, 11) is 0. The summed E-state index contributed by atoms with van der Waals surface area (Å²) in [4.78, 5) is 44.6. The third-order valence-electron chi connectivity index (χ3n) is 9.33. The molecule has 0 saturated heterocycles. The summed E-state index contributed by atoms with van der Waals surface area (Å²) in [5, 5.41) is 0. The van der Waals surface area contributed by atoms with Crippen LogP contribution in [0.2, 0.25) is 0 Å². The van der Waals surface area contributed by atoms with Crippen molar-refractivity contribution in [3.05, 3.63) is 48.6 Å². The quantitative estimate of drug-likeness (QED) is 0.294. The maximum absolute atomic E-state index is 11.2. The highest BCUT2D eigenvalue weighted by atomic mass is 16.6. The number of ether oxygens (including phenoxy) is 4. The summed E-state index contributed by atoms with van der Waals surface area (Å²) in [5.41, 5.74) is -0.351. The Morgan fingerprint density at radius 2 is 1.00 bits per heavy atom. The molecule has 8 heteroatoms. The second-order valence-electron chi connectivity index (χ2n) is 11.5. The summed E-state index contributed by atoms with van der Waals surface area (Å²) in [6.45, 7) is 6.49. The smallest absolute Gasteiger partial charge is 0.303 e. The lowest BCUT2D eigenvalue weighted by molar-refractivity contribution is -0.152. The molecule has 4 bridgehead atoms. The van der Waals surface area contributed by atoms with Gasteiger partial charge in [0.15, 0.2) is 0 Å². The minimum absolute atomic E-state index is 0.175. The molecular formula is C30H36O8. The Morgan fingerprint density at radius 3 is 1.34 bits per heavy atom. The Morgan fingerprint density at radius 1 is 0.605 bits per heavy atom. The molecule has 0 aromatic carbocycles. The van der Waals surface area contributed by atoms with Gasteiger partial charge in [-0.05, 0) is 48.7 Å². The van der Waals surface area contributed by atoms with E-state index in [4.69, 9.17) is 18.9 Å². The molecule has 0 N–H and O–H groups in total. The number of fused-ring (bicyclic) bond motifs is 10. The van der Waals surface area contributed by atoms with Crippen molar-refractivity contribution < 1.29 is 38.1 Å². The van der Waals surface area contributed by atoms with E-state index in [0.717, 1.165) is 12.8 Å². The maximum Gasteiger partial charge on any atom is 0.303 e. The average Bonchev–Trinajstić information content (AvgIpc) is 3.65. The molecule has 6 rings (SSSR count). The fourth-order valence-electron chi connectivity index (χ4n) is 8.00. The van der Waals surface area contributed by atoms with Crippen molar-refractivity contribution in [3.63, 3.8) is 0 Å². The van der Waals surface area contributed by atoms with Crippen molar-refractivity contribution in [2.24, 2.45) is 46.3 Å². The molecule has 0 heterocycles. The lowest BCUT2D eigenvalue weighted by Crippen LogP contribution is -2.40. The van der Waals surface area contributed by atoms with Crippen LogP contribution in [0.1, 0.15) is 40.5 Å². The van der Waals surface area contributed by atoms with Gasteiger partial charge in [0, 0.05) is 50.4 Å². The van der Waals surface area contributed by atoms with Gasteiger partial charge in [0.2, 0.25) is 0 Å². The predicted octanol–water partition coefficient (Wildman–Crippen LogP) is 3.72. The fraction of sp³-hybridized carbons (Fsp3) is 0.600. The van der Waals surface area contributed by atoms with Crippen LogP contribution >= 0.6 is 0 Å². The third-order valence-corrected chi connectivity index (χ3v) is 9.33. The van der Waals surface area contributed by atoms with Gasteiger partial charge < -0.3 is 18.9 Å².